The molecule has 0 atom stereocenters. The third kappa shape index (κ3) is 3.34. The number of carbonyl (C=O) groups excluding carboxylic acids is 3. The van der Waals surface area contributed by atoms with Crippen LogP contribution < -0.4 is 11.1 Å². The number of nitrogens with one attached hydrogen (secondary N) is 1. The minimum absolute atomic E-state index is 0.0556. The van der Waals surface area contributed by atoms with Gasteiger partial charge in [-0.1, -0.05) is 0 Å². The standard InChI is InChI=1S/C17H20N4O4S/c1-3-25-17(24)10-8-11(21(2)20-10)15(23)19-16-13(14(18)22)9-6-4-5-7-12(9)26-16/h8H,3-7H2,1-2H3,(H2,18,22)(H,19,23). The Hall–Kier alpha value is -2.68. The van der Waals surface area contributed by atoms with E-state index in [0.29, 0.717) is 10.6 Å². The molecule has 0 saturated carbocycles. The number of esters is 1. The molecule has 2 heterocycles. The van der Waals surface area contributed by atoms with Crippen LogP contribution in [-0.4, -0.2) is 34.2 Å². The number of nitrogens with two attached hydrogens (primary N) is 1. The lowest BCUT2D eigenvalue weighted by Gasteiger charge is -2.11. The molecule has 0 aromatic carbocycles. The second kappa shape index (κ2) is 7.28. The van der Waals surface area contributed by atoms with Crippen molar-refractivity contribution in [2.45, 2.75) is 32.6 Å². The number of ether oxygens (including phenoxy) is 1. The van der Waals surface area contributed by atoms with E-state index in [-0.39, 0.29) is 18.0 Å². The van der Waals surface area contributed by atoms with E-state index >= 15 is 0 Å². The minimum atomic E-state index is -0.591. The van der Waals surface area contributed by atoms with Crippen molar-refractivity contribution < 1.29 is 19.1 Å². The number of thiophene rings is 1. The highest BCUT2D eigenvalue weighted by atomic mass is 32.1. The first-order valence-corrected chi connectivity index (χ1v) is 9.20. The van der Waals surface area contributed by atoms with Crippen LogP contribution in [0.15, 0.2) is 6.07 Å². The zero-order valence-corrected chi connectivity index (χ0v) is 15.4. The van der Waals surface area contributed by atoms with Crippen LogP contribution in [-0.2, 0) is 24.6 Å². The first kappa shape index (κ1) is 18.1. The van der Waals surface area contributed by atoms with Crippen LogP contribution in [0.1, 0.15) is 61.5 Å². The fraction of sp³-hybridized carbons (Fsp3) is 0.412. The summed E-state index contributed by atoms with van der Waals surface area (Å²) in [6.45, 7) is 1.91. The SMILES string of the molecule is CCOC(=O)c1cc(C(=O)Nc2sc3c(c2C(N)=O)CCCC3)n(C)n1. The largest absolute Gasteiger partial charge is 0.461 e. The number of aromatic nitrogens is 2. The molecular formula is C17H20N4O4S. The molecule has 1 aliphatic rings. The fourth-order valence-electron chi connectivity index (χ4n) is 3.07. The van der Waals surface area contributed by atoms with E-state index in [2.05, 4.69) is 10.4 Å². The van der Waals surface area contributed by atoms with E-state index < -0.39 is 17.8 Å². The maximum atomic E-state index is 12.6. The van der Waals surface area contributed by atoms with E-state index in [9.17, 15) is 14.4 Å². The third-order valence-electron chi connectivity index (χ3n) is 4.24. The minimum Gasteiger partial charge on any atom is -0.461 e. The molecule has 9 heteroatoms. The molecule has 2 aromatic heterocycles. The molecule has 8 nitrogen and oxygen atoms in total. The second-order valence-corrected chi connectivity index (χ2v) is 7.10. The van der Waals surface area contributed by atoms with Crippen LogP contribution in [0.2, 0.25) is 0 Å². The highest BCUT2D eigenvalue weighted by molar-refractivity contribution is 7.17. The lowest BCUT2D eigenvalue weighted by molar-refractivity contribution is 0.0518. The van der Waals surface area contributed by atoms with Gasteiger partial charge in [0.25, 0.3) is 11.8 Å². The number of aryl methyl sites for hydroxylation is 2. The summed E-state index contributed by atoms with van der Waals surface area (Å²) in [5.74, 6) is -1.60. The van der Waals surface area contributed by atoms with Crippen molar-refractivity contribution in [2.75, 3.05) is 11.9 Å². The van der Waals surface area contributed by atoms with Crippen molar-refractivity contribution in [2.24, 2.45) is 12.8 Å². The number of nitrogens with zero attached hydrogens (tertiary/aromatic N) is 2. The highest BCUT2D eigenvalue weighted by Gasteiger charge is 2.26. The lowest BCUT2D eigenvalue weighted by atomic mass is 9.95. The van der Waals surface area contributed by atoms with E-state index in [1.54, 1.807) is 14.0 Å². The van der Waals surface area contributed by atoms with Crippen LogP contribution in [0.4, 0.5) is 5.00 Å². The molecule has 1 aliphatic carbocycles. The van der Waals surface area contributed by atoms with Gasteiger partial charge in [0.1, 0.15) is 10.7 Å². The van der Waals surface area contributed by atoms with Crippen molar-refractivity contribution in [3.63, 3.8) is 0 Å². The quantitative estimate of drug-likeness (QED) is 0.773. The Kier molecular flexibility index (Phi) is 5.08. The number of primary amides is 1. The van der Waals surface area contributed by atoms with Gasteiger partial charge >= 0.3 is 5.97 Å². The third-order valence-corrected chi connectivity index (χ3v) is 5.45. The average Bonchev–Trinajstić information content (AvgIpc) is 3.15. The molecule has 138 valence electrons. The molecule has 0 bridgehead atoms. The maximum Gasteiger partial charge on any atom is 0.358 e. The van der Waals surface area contributed by atoms with Crippen LogP contribution >= 0.6 is 11.3 Å². The molecule has 0 aliphatic heterocycles. The van der Waals surface area contributed by atoms with E-state index in [1.165, 1.54) is 22.1 Å². The number of hydrogen-bond acceptors (Lipinski definition) is 6. The Bertz CT molecular complexity index is 884. The van der Waals surface area contributed by atoms with Gasteiger partial charge in [0, 0.05) is 18.0 Å². The normalized spacial score (nSPS) is 13.2. The molecule has 3 N–H and O–H groups in total. The predicted molar refractivity (Wildman–Crippen MR) is 96.6 cm³/mol. The first-order valence-electron chi connectivity index (χ1n) is 8.39. The Morgan fingerprint density at radius 3 is 2.77 bits per heavy atom. The number of carbonyl (C=O) groups is 3. The summed E-state index contributed by atoms with van der Waals surface area (Å²) in [6, 6.07) is 1.37. The molecule has 0 saturated heterocycles. The summed E-state index contributed by atoms with van der Waals surface area (Å²) in [5.41, 5.74) is 7.13. The topological polar surface area (TPSA) is 116 Å². The Labute approximate surface area is 154 Å². The molecule has 0 unspecified atom stereocenters. The molecule has 2 amide bonds. The van der Waals surface area contributed by atoms with E-state index in [1.807, 2.05) is 0 Å². The highest BCUT2D eigenvalue weighted by Crippen LogP contribution is 2.38. The molecule has 3 rings (SSSR count). The Morgan fingerprint density at radius 2 is 2.08 bits per heavy atom. The lowest BCUT2D eigenvalue weighted by Crippen LogP contribution is -2.20. The summed E-state index contributed by atoms with van der Waals surface area (Å²) in [4.78, 5) is 37.4. The first-order chi connectivity index (χ1) is 12.4. The van der Waals surface area contributed by atoms with Gasteiger partial charge in [0.15, 0.2) is 5.69 Å². The van der Waals surface area contributed by atoms with E-state index in [4.69, 9.17) is 10.5 Å². The smallest absolute Gasteiger partial charge is 0.358 e. The van der Waals surface area contributed by atoms with Crippen LogP contribution in [0.5, 0.6) is 0 Å². The number of anilines is 1. The van der Waals surface area contributed by atoms with Gasteiger partial charge in [-0.2, -0.15) is 5.10 Å². The van der Waals surface area contributed by atoms with Crippen LogP contribution in [0.25, 0.3) is 0 Å². The van der Waals surface area contributed by atoms with Gasteiger partial charge in [-0.05, 0) is 38.2 Å². The van der Waals surface area contributed by atoms with Gasteiger partial charge in [-0.15, -0.1) is 11.3 Å². The van der Waals surface area contributed by atoms with Crippen molar-refractivity contribution >= 4 is 34.1 Å². The molecule has 0 fully saturated rings. The zero-order valence-electron chi connectivity index (χ0n) is 14.6. The van der Waals surface area contributed by atoms with E-state index in [0.717, 1.165) is 36.1 Å². The van der Waals surface area contributed by atoms with Crippen LogP contribution in [0.3, 0.4) is 0 Å². The Morgan fingerprint density at radius 1 is 1.35 bits per heavy atom. The van der Waals surface area contributed by atoms with Crippen LogP contribution in [0, 0.1) is 0 Å². The molecule has 26 heavy (non-hydrogen) atoms. The van der Waals surface area contributed by atoms with Crippen molar-refractivity contribution in [1.82, 2.24) is 9.78 Å². The predicted octanol–water partition coefficient (Wildman–Crippen LogP) is 1.89. The summed E-state index contributed by atoms with van der Waals surface area (Å²) in [7, 11) is 1.56. The fourth-order valence-corrected chi connectivity index (χ4v) is 4.36. The monoisotopic (exact) mass is 376 g/mol. The van der Waals surface area contributed by atoms with Gasteiger partial charge in [0.05, 0.1) is 12.2 Å². The van der Waals surface area contributed by atoms with Gasteiger partial charge in [0.2, 0.25) is 0 Å². The second-order valence-electron chi connectivity index (χ2n) is 5.99. The number of amides is 2. The summed E-state index contributed by atoms with van der Waals surface area (Å²) >= 11 is 1.39. The number of rotatable bonds is 5. The average molecular weight is 376 g/mol. The number of fused-ring (bicyclic) bond motifs is 1. The zero-order chi connectivity index (χ0) is 18.8. The summed E-state index contributed by atoms with van der Waals surface area (Å²) < 4.78 is 6.20. The summed E-state index contributed by atoms with van der Waals surface area (Å²) in [5, 5.41) is 7.22. The van der Waals surface area contributed by atoms with Crippen molar-refractivity contribution in [3.8, 4) is 0 Å². The Balaban J connectivity index is 1.88. The maximum absolute atomic E-state index is 12.6. The van der Waals surface area contributed by atoms with Gasteiger partial charge < -0.3 is 15.8 Å². The van der Waals surface area contributed by atoms with Crippen molar-refractivity contribution in [1.29, 1.82) is 0 Å². The van der Waals surface area contributed by atoms with Gasteiger partial charge in [-0.3, -0.25) is 14.3 Å². The molecule has 2 aromatic rings. The molecular weight excluding hydrogens is 356 g/mol. The molecule has 0 radical (unpaired) electrons. The number of hydrogen-bond donors (Lipinski definition) is 2. The van der Waals surface area contributed by atoms with Crippen molar-refractivity contribution in [3.05, 3.63) is 33.5 Å². The summed E-state index contributed by atoms with van der Waals surface area (Å²) in [6.07, 6.45) is 3.74. The molecule has 0 spiro atoms. The van der Waals surface area contributed by atoms with Gasteiger partial charge in [-0.25, -0.2) is 4.79 Å².